The number of methoxy groups -OCH3 is 1. The maximum Gasteiger partial charge on any atom is 0.314 e. The van der Waals surface area contributed by atoms with Crippen molar-refractivity contribution in [2.24, 2.45) is 0 Å². The average Bonchev–Trinajstić information content (AvgIpc) is 2.44. The van der Waals surface area contributed by atoms with E-state index in [-0.39, 0.29) is 30.0 Å². The largest absolute Gasteiger partial charge is 0.496 e. The zero-order chi connectivity index (χ0) is 15.1. The molecule has 1 unspecified atom stereocenters. The number of ether oxygens (including phenoxy) is 2. The maximum absolute atomic E-state index is 11.6. The summed E-state index contributed by atoms with van der Waals surface area (Å²) < 4.78 is 10.1. The Morgan fingerprint density at radius 3 is 2.75 bits per heavy atom. The lowest BCUT2D eigenvalue weighted by Crippen LogP contribution is -2.35. The lowest BCUT2D eigenvalue weighted by molar-refractivity contribution is -0.385. The zero-order valence-corrected chi connectivity index (χ0v) is 11.7. The second kappa shape index (κ2) is 7.32. The Balaban J connectivity index is 2.72. The number of benzene rings is 1. The molecule has 0 bridgehead atoms. The molecular weight excluding hydrogens is 264 g/mol. The van der Waals surface area contributed by atoms with Gasteiger partial charge in [-0.05, 0) is 25.5 Å². The molecule has 0 aliphatic rings. The van der Waals surface area contributed by atoms with Crippen LogP contribution in [0.1, 0.15) is 20.3 Å². The molecule has 20 heavy (non-hydrogen) atoms. The van der Waals surface area contributed by atoms with Gasteiger partial charge in [0, 0.05) is 6.04 Å². The van der Waals surface area contributed by atoms with E-state index in [1.54, 1.807) is 0 Å². The molecule has 0 fully saturated rings. The lowest BCUT2D eigenvalue weighted by Gasteiger charge is -2.12. The SMILES string of the molecule is CCC(C)NC(=O)COc1ccc(OC)cc1[N+](=O)[O-]. The van der Waals surface area contributed by atoms with Crippen LogP contribution in [0, 0.1) is 10.1 Å². The van der Waals surface area contributed by atoms with Gasteiger partial charge in [0.15, 0.2) is 12.4 Å². The van der Waals surface area contributed by atoms with Gasteiger partial charge in [-0.1, -0.05) is 6.92 Å². The van der Waals surface area contributed by atoms with Crippen LogP contribution in [0.3, 0.4) is 0 Å². The highest BCUT2D eigenvalue weighted by Crippen LogP contribution is 2.30. The van der Waals surface area contributed by atoms with Crippen LogP contribution in [-0.4, -0.2) is 30.6 Å². The molecule has 7 heteroatoms. The number of nitrogens with one attached hydrogen (secondary N) is 1. The van der Waals surface area contributed by atoms with Crippen molar-refractivity contribution in [2.75, 3.05) is 13.7 Å². The average molecular weight is 282 g/mol. The molecule has 0 heterocycles. The minimum atomic E-state index is -0.579. The van der Waals surface area contributed by atoms with Crippen LogP contribution in [0.4, 0.5) is 5.69 Å². The summed E-state index contributed by atoms with van der Waals surface area (Å²) in [6.07, 6.45) is 0.800. The van der Waals surface area contributed by atoms with Gasteiger partial charge in [0.25, 0.3) is 5.91 Å². The van der Waals surface area contributed by atoms with E-state index in [2.05, 4.69) is 5.32 Å². The minimum absolute atomic E-state index is 0.0371. The molecule has 1 amide bonds. The Kier molecular flexibility index (Phi) is 5.76. The van der Waals surface area contributed by atoms with Crippen LogP contribution in [0.5, 0.6) is 11.5 Å². The summed E-state index contributed by atoms with van der Waals surface area (Å²) >= 11 is 0. The third-order valence-corrected chi connectivity index (χ3v) is 2.74. The molecule has 1 aromatic carbocycles. The number of hydrogen-bond donors (Lipinski definition) is 1. The fraction of sp³-hybridized carbons (Fsp3) is 0.462. The molecule has 0 saturated carbocycles. The molecular formula is C13H18N2O5. The molecule has 0 saturated heterocycles. The molecule has 7 nitrogen and oxygen atoms in total. The fourth-order valence-electron chi connectivity index (χ4n) is 1.45. The summed E-state index contributed by atoms with van der Waals surface area (Å²) in [5.74, 6) is 0.0766. The Bertz CT molecular complexity index is 490. The van der Waals surface area contributed by atoms with Crippen LogP contribution in [0.25, 0.3) is 0 Å². The van der Waals surface area contributed by atoms with Crippen molar-refractivity contribution in [1.29, 1.82) is 0 Å². The van der Waals surface area contributed by atoms with Gasteiger partial charge in [-0.25, -0.2) is 0 Å². The predicted octanol–water partition coefficient (Wildman–Crippen LogP) is 1.90. The van der Waals surface area contributed by atoms with Gasteiger partial charge < -0.3 is 14.8 Å². The topological polar surface area (TPSA) is 90.7 Å². The van der Waals surface area contributed by atoms with Crippen LogP contribution >= 0.6 is 0 Å². The molecule has 0 spiro atoms. The Hall–Kier alpha value is -2.31. The lowest BCUT2D eigenvalue weighted by atomic mass is 10.2. The van der Waals surface area contributed by atoms with Crippen molar-refractivity contribution in [2.45, 2.75) is 26.3 Å². The highest BCUT2D eigenvalue weighted by atomic mass is 16.6. The van der Waals surface area contributed by atoms with Crippen molar-refractivity contribution in [3.05, 3.63) is 28.3 Å². The summed E-state index contributed by atoms with van der Waals surface area (Å²) in [7, 11) is 1.42. The van der Waals surface area contributed by atoms with Gasteiger partial charge in [-0.3, -0.25) is 14.9 Å². The number of nitro benzene ring substituents is 1. The number of nitrogens with zero attached hydrogens (tertiary/aromatic N) is 1. The van der Waals surface area contributed by atoms with Crippen molar-refractivity contribution in [3.8, 4) is 11.5 Å². The smallest absolute Gasteiger partial charge is 0.314 e. The first kappa shape index (κ1) is 15.7. The van der Waals surface area contributed by atoms with E-state index >= 15 is 0 Å². The number of hydrogen-bond acceptors (Lipinski definition) is 5. The summed E-state index contributed by atoms with van der Waals surface area (Å²) in [5, 5.41) is 13.6. The maximum atomic E-state index is 11.6. The van der Waals surface area contributed by atoms with Crippen molar-refractivity contribution >= 4 is 11.6 Å². The van der Waals surface area contributed by atoms with Crippen LogP contribution in [0.2, 0.25) is 0 Å². The summed E-state index contributed by atoms with van der Waals surface area (Å²) in [4.78, 5) is 21.9. The minimum Gasteiger partial charge on any atom is -0.496 e. The Morgan fingerprint density at radius 1 is 1.50 bits per heavy atom. The molecule has 0 aliphatic heterocycles. The second-order valence-corrected chi connectivity index (χ2v) is 4.26. The summed E-state index contributed by atoms with van der Waals surface area (Å²) in [6, 6.07) is 4.24. The quantitative estimate of drug-likeness (QED) is 0.609. The van der Waals surface area contributed by atoms with E-state index in [1.807, 2.05) is 13.8 Å². The molecule has 1 aromatic rings. The summed E-state index contributed by atoms with van der Waals surface area (Å²) in [6.45, 7) is 3.55. The van der Waals surface area contributed by atoms with E-state index < -0.39 is 4.92 Å². The fourth-order valence-corrected chi connectivity index (χ4v) is 1.45. The highest BCUT2D eigenvalue weighted by molar-refractivity contribution is 5.78. The molecule has 1 atom stereocenters. The van der Waals surface area contributed by atoms with Crippen LogP contribution in [0.15, 0.2) is 18.2 Å². The number of carbonyl (C=O) groups excluding carboxylic acids is 1. The van der Waals surface area contributed by atoms with Crippen molar-refractivity contribution in [3.63, 3.8) is 0 Å². The highest BCUT2D eigenvalue weighted by Gasteiger charge is 2.17. The molecule has 0 aromatic heterocycles. The third kappa shape index (κ3) is 4.42. The predicted molar refractivity (Wildman–Crippen MR) is 73.0 cm³/mol. The first-order valence-electron chi connectivity index (χ1n) is 6.22. The number of nitro groups is 1. The zero-order valence-electron chi connectivity index (χ0n) is 11.7. The Morgan fingerprint density at radius 2 is 2.20 bits per heavy atom. The Labute approximate surface area is 117 Å². The molecule has 1 N–H and O–H groups in total. The third-order valence-electron chi connectivity index (χ3n) is 2.74. The van der Waals surface area contributed by atoms with Gasteiger partial charge in [0.1, 0.15) is 5.75 Å². The van der Waals surface area contributed by atoms with Crippen molar-refractivity contribution in [1.82, 2.24) is 5.32 Å². The molecule has 1 rings (SSSR count). The van der Waals surface area contributed by atoms with Gasteiger partial charge in [-0.2, -0.15) is 0 Å². The van der Waals surface area contributed by atoms with Crippen molar-refractivity contribution < 1.29 is 19.2 Å². The standard InChI is InChI=1S/C13H18N2O5/c1-4-9(2)14-13(16)8-20-12-6-5-10(19-3)7-11(12)15(17)18/h5-7,9H,4,8H2,1-3H3,(H,14,16). The van der Waals surface area contributed by atoms with E-state index in [0.29, 0.717) is 5.75 Å². The number of carbonyl (C=O) groups is 1. The summed E-state index contributed by atoms with van der Waals surface area (Å²) in [5.41, 5.74) is -0.235. The van der Waals surface area contributed by atoms with E-state index in [0.717, 1.165) is 6.42 Å². The second-order valence-electron chi connectivity index (χ2n) is 4.26. The normalized spacial score (nSPS) is 11.6. The molecule has 110 valence electrons. The van der Waals surface area contributed by atoms with Gasteiger partial charge in [0.2, 0.25) is 0 Å². The monoisotopic (exact) mass is 282 g/mol. The van der Waals surface area contributed by atoms with E-state index in [9.17, 15) is 14.9 Å². The molecule has 0 aliphatic carbocycles. The van der Waals surface area contributed by atoms with Gasteiger partial charge >= 0.3 is 5.69 Å². The van der Waals surface area contributed by atoms with Gasteiger partial charge in [-0.15, -0.1) is 0 Å². The van der Waals surface area contributed by atoms with E-state index in [1.165, 1.54) is 25.3 Å². The van der Waals surface area contributed by atoms with Gasteiger partial charge in [0.05, 0.1) is 18.1 Å². The first-order chi connectivity index (χ1) is 9.47. The van der Waals surface area contributed by atoms with Crippen LogP contribution < -0.4 is 14.8 Å². The van der Waals surface area contributed by atoms with Crippen LogP contribution in [-0.2, 0) is 4.79 Å². The number of amides is 1. The molecule has 0 radical (unpaired) electrons. The first-order valence-corrected chi connectivity index (χ1v) is 6.22. The van der Waals surface area contributed by atoms with E-state index in [4.69, 9.17) is 9.47 Å². The number of rotatable bonds is 7.